The average Bonchev–Trinajstić information content (AvgIpc) is 2.68. The second-order valence-electron chi connectivity index (χ2n) is 4.99. The van der Waals surface area contributed by atoms with E-state index in [9.17, 15) is 19.5 Å². The van der Waals surface area contributed by atoms with E-state index in [1.807, 2.05) is 13.8 Å². The van der Waals surface area contributed by atoms with Crippen LogP contribution in [0.5, 0.6) is 5.75 Å². The Morgan fingerprint density at radius 3 is 2.50 bits per heavy atom. The van der Waals surface area contributed by atoms with E-state index in [4.69, 9.17) is 4.74 Å². The minimum absolute atomic E-state index is 0.0174. The minimum Gasteiger partial charge on any atom is -0.548 e. The fourth-order valence-electron chi connectivity index (χ4n) is 1.93. The third-order valence-corrected chi connectivity index (χ3v) is 2.81. The maximum atomic E-state index is 11.9. The summed E-state index contributed by atoms with van der Waals surface area (Å²) in [6, 6.07) is 6.16. The summed E-state index contributed by atoms with van der Waals surface area (Å²) in [4.78, 5) is 34.6. The second-order valence-corrected chi connectivity index (χ2v) is 4.99. The first-order valence-corrected chi connectivity index (χ1v) is 6.68. The third-order valence-electron chi connectivity index (χ3n) is 2.81. The van der Waals surface area contributed by atoms with E-state index < -0.39 is 24.5 Å². The van der Waals surface area contributed by atoms with Crippen LogP contribution in [-0.4, -0.2) is 35.5 Å². The summed E-state index contributed by atoms with van der Waals surface area (Å²) in [5.74, 6) is -1.51. The van der Waals surface area contributed by atoms with E-state index in [2.05, 4.69) is 5.32 Å². The van der Waals surface area contributed by atoms with Crippen LogP contribution in [0.2, 0.25) is 0 Å². The lowest BCUT2D eigenvalue weighted by Crippen LogP contribution is -2.41. The monoisotopic (exact) mass is 303 g/mol. The van der Waals surface area contributed by atoms with Crippen molar-refractivity contribution in [3.8, 4) is 5.75 Å². The number of hydrogen-bond acceptors (Lipinski definition) is 5. The van der Waals surface area contributed by atoms with Gasteiger partial charge >= 0.3 is 6.03 Å². The van der Waals surface area contributed by atoms with Gasteiger partial charge in [-0.1, -0.05) is 12.1 Å². The van der Waals surface area contributed by atoms with Gasteiger partial charge in [0, 0.05) is 0 Å². The summed E-state index contributed by atoms with van der Waals surface area (Å²) in [7, 11) is 0. The van der Waals surface area contributed by atoms with Crippen molar-refractivity contribution in [2.24, 2.45) is 0 Å². The molecule has 1 N–H and O–H groups in total. The average molecular weight is 303 g/mol. The van der Waals surface area contributed by atoms with Gasteiger partial charge < -0.3 is 20.0 Å². The van der Waals surface area contributed by atoms with Crippen LogP contribution in [0.3, 0.4) is 0 Å². The fourth-order valence-corrected chi connectivity index (χ4v) is 1.93. The Morgan fingerprint density at radius 2 is 1.95 bits per heavy atom. The Morgan fingerprint density at radius 1 is 1.32 bits per heavy atom. The quantitative estimate of drug-likeness (QED) is 0.615. The zero-order valence-electron chi connectivity index (χ0n) is 12.2. The normalized spacial score (nSPS) is 16.3. The molecule has 1 aromatic carbocycles. The Kier molecular flexibility index (Phi) is 4.45. The number of carbonyl (C=O) groups excluding carboxylic acids is 3. The molecule has 22 heavy (non-hydrogen) atoms. The number of urea groups is 1. The summed E-state index contributed by atoms with van der Waals surface area (Å²) >= 11 is 0. The number of rotatable bonds is 5. The smallest absolute Gasteiger partial charge is 0.329 e. The van der Waals surface area contributed by atoms with Crippen molar-refractivity contribution in [2.75, 3.05) is 6.54 Å². The Balaban J connectivity index is 2.14. The molecule has 1 aliphatic rings. The highest BCUT2D eigenvalue weighted by molar-refractivity contribution is 6.15. The van der Waals surface area contributed by atoms with Crippen LogP contribution in [0.25, 0.3) is 6.08 Å². The van der Waals surface area contributed by atoms with E-state index in [0.29, 0.717) is 16.2 Å². The molecule has 7 nitrogen and oxygen atoms in total. The number of ether oxygens (including phenoxy) is 1. The molecule has 7 heteroatoms. The lowest BCUT2D eigenvalue weighted by atomic mass is 10.2. The topological polar surface area (TPSA) is 98.8 Å². The fraction of sp³-hybridized carbons (Fsp3) is 0.267. The van der Waals surface area contributed by atoms with E-state index in [0.717, 1.165) is 0 Å². The number of carboxylic acid groups (broad SMARTS) is 1. The first-order valence-electron chi connectivity index (χ1n) is 6.68. The van der Waals surface area contributed by atoms with Crippen molar-refractivity contribution >= 4 is 24.0 Å². The van der Waals surface area contributed by atoms with Gasteiger partial charge in [0.1, 0.15) is 11.4 Å². The molecular weight excluding hydrogens is 288 g/mol. The van der Waals surface area contributed by atoms with Crippen molar-refractivity contribution in [2.45, 2.75) is 20.0 Å². The van der Waals surface area contributed by atoms with Crippen molar-refractivity contribution in [3.63, 3.8) is 0 Å². The number of hydrogen-bond donors (Lipinski definition) is 1. The molecule has 3 amide bonds. The maximum absolute atomic E-state index is 11.9. The molecule has 0 spiro atoms. The van der Waals surface area contributed by atoms with Gasteiger partial charge in [0.15, 0.2) is 0 Å². The summed E-state index contributed by atoms with van der Waals surface area (Å²) < 4.78 is 5.50. The Bertz CT molecular complexity index is 634. The summed E-state index contributed by atoms with van der Waals surface area (Å²) in [6.45, 7) is 3.05. The van der Waals surface area contributed by atoms with Crippen molar-refractivity contribution in [1.29, 1.82) is 0 Å². The van der Waals surface area contributed by atoms with Gasteiger partial charge in [0.25, 0.3) is 5.91 Å². The number of nitrogens with one attached hydrogen (secondary N) is 1. The molecule has 1 saturated heterocycles. The highest BCUT2D eigenvalue weighted by Gasteiger charge is 2.33. The van der Waals surface area contributed by atoms with Gasteiger partial charge in [-0.25, -0.2) is 4.79 Å². The molecule has 0 radical (unpaired) electrons. The molecule has 0 bridgehead atoms. The lowest BCUT2D eigenvalue weighted by molar-refractivity contribution is -0.305. The van der Waals surface area contributed by atoms with Gasteiger partial charge in [-0.05, 0) is 37.6 Å². The molecule has 0 unspecified atom stereocenters. The van der Waals surface area contributed by atoms with Crippen LogP contribution < -0.4 is 15.2 Å². The number of nitrogens with zero attached hydrogens (tertiary/aromatic N) is 1. The van der Waals surface area contributed by atoms with Gasteiger partial charge in [-0.3, -0.25) is 9.69 Å². The van der Waals surface area contributed by atoms with Gasteiger partial charge in [-0.15, -0.1) is 0 Å². The highest BCUT2D eigenvalue weighted by Crippen LogP contribution is 2.17. The molecule has 0 aromatic heterocycles. The molecule has 0 atom stereocenters. The highest BCUT2D eigenvalue weighted by atomic mass is 16.5. The number of carboxylic acids is 1. The van der Waals surface area contributed by atoms with Crippen LogP contribution in [0.15, 0.2) is 30.0 Å². The summed E-state index contributed by atoms with van der Waals surface area (Å²) in [6.07, 6.45) is 1.52. The number of amides is 3. The molecule has 116 valence electrons. The minimum atomic E-state index is -1.50. The van der Waals surface area contributed by atoms with Crippen LogP contribution in [0.4, 0.5) is 4.79 Å². The largest absolute Gasteiger partial charge is 0.548 e. The molecule has 0 aliphatic carbocycles. The lowest BCUT2D eigenvalue weighted by Gasteiger charge is -2.11. The molecule has 1 aromatic rings. The number of benzene rings is 1. The van der Waals surface area contributed by atoms with Crippen LogP contribution in [0.1, 0.15) is 19.4 Å². The van der Waals surface area contributed by atoms with Crippen molar-refractivity contribution in [1.82, 2.24) is 10.2 Å². The number of carbonyl (C=O) groups is 3. The van der Waals surface area contributed by atoms with Crippen LogP contribution >= 0.6 is 0 Å². The molecule has 1 heterocycles. The third kappa shape index (κ3) is 3.63. The SMILES string of the molecule is CC(C)Oc1ccc(/C=C2/NC(=O)N(CC(=O)[O-])C2=O)cc1. The first-order chi connectivity index (χ1) is 10.4. The van der Waals surface area contributed by atoms with E-state index in [1.165, 1.54) is 6.08 Å². The molecule has 1 aliphatic heterocycles. The Labute approximate surface area is 127 Å². The second kappa shape index (κ2) is 6.30. The predicted octanol–water partition coefficient (Wildman–Crippen LogP) is 0.116. The number of aliphatic carboxylic acids is 1. The van der Waals surface area contributed by atoms with E-state index in [1.54, 1.807) is 24.3 Å². The van der Waals surface area contributed by atoms with Crippen molar-refractivity contribution < 1.29 is 24.2 Å². The van der Waals surface area contributed by atoms with Gasteiger partial charge in [0.2, 0.25) is 0 Å². The zero-order valence-corrected chi connectivity index (χ0v) is 12.2. The van der Waals surface area contributed by atoms with Gasteiger partial charge in [0.05, 0.1) is 18.6 Å². The van der Waals surface area contributed by atoms with E-state index in [-0.39, 0.29) is 11.8 Å². The zero-order chi connectivity index (χ0) is 16.3. The predicted molar refractivity (Wildman–Crippen MR) is 75.4 cm³/mol. The molecule has 1 fully saturated rings. The molecule has 0 saturated carbocycles. The van der Waals surface area contributed by atoms with Crippen molar-refractivity contribution in [3.05, 3.63) is 35.5 Å². The molecular formula is C15H15N2O5-. The maximum Gasteiger partial charge on any atom is 0.329 e. The number of imide groups is 1. The first kappa shape index (κ1) is 15.6. The summed E-state index contributed by atoms with van der Waals surface area (Å²) in [5.41, 5.74) is 0.693. The standard InChI is InChI=1S/C15H16N2O5/c1-9(2)22-11-5-3-10(4-6-11)7-12-14(20)17(8-13(18)19)15(21)16-12/h3-7,9H,8H2,1-2H3,(H,16,21)(H,18,19)/p-1/b12-7+. The van der Waals surface area contributed by atoms with Crippen LogP contribution in [-0.2, 0) is 9.59 Å². The summed E-state index contributed by atoms with van der Waals surface area (Å²) in [5, 5.41) is 12.8. The van der Waals surface area contributed by atoms with E-state index >= 15 is 0 Å². The molecule has 2 rings (SSSR count). The van der Waals surface area contributed by atoms with Gasteiger partial charge in [-0.2, -0.15) is 0 Å². The van der Waals surface area contributed by atoms with Crippen LogP contribution in [0, 0.1) is 0 Å². The Hall–Kier alpha value is -2.83.